The monoisotopic (exact) mass is 313 g/mol. The van der Waals surface area contributed by atoms with E-state index in [-0.39, 0.29) is 17.6 Å². The van der Waals surface area contributed by atoms with Crippen LogP contribution in [0.3, 0.4) is 0 Å². The summed E-state index contributed by atoms with van der Waals surface area (Å²) in [4.78, 5) is 35.5. The zero-order chi connectivity index (χ0) is 15.8. The number of aromatic nitrogens is 2. The number of hydrogen-bond acceptors (Lipinski definition) is 4. The van der Waals surface area contributed by atoms with Gasteiger partial charge < -0.3 is 15.1 Å². The van der Waals surface area contributed by atoms with E-state index in [0.717, 1.165) is 25.9 Å². The molecule has 1 unspecified atom stereocenters. The van der Waals surface area contributed by atoms with Crippen molar-refractivity contribution in [1.29, 1.82) is 0 Å². The van der Waals surface area contributed by atoms with Gasteiger partial charge in [0.25, 0.3) is 5.56 Å². The van der Waals surface area contributed by atoms with E-state index < -0.39 is 0 Å². The van der Waals surface area contributed by atoms with Crippen LogP contribution in [0.5, 0.6) is 0 Å². The third-order valence-corrected chi connectivity index (χ3v) is 4.63. The number of nitrogens with zero attached hydrogens (tertiary/aromatic N) is 3. The maximum absolute atomic E-state index is 12.2. The van der Waals surface area contributed by atoms with E-state index in [1.54, 1.807) is 6.07 Å². The number of piperidine rings is 1. The molecule has 2 aliphatic heterocycles. The van der Waals surface area contributed by atoms with E-state index in [0.29, 0.717) is 29.9 Å². The first kappa shape index (κ1) is 14.0. The minimum absolute atomic E-state index is 0.0109. The zero-order valence-corrected chi connectivity index (χ0v) is 12.8. The van der Waals surface area contributed by atoms with Crippen LogP contribution in [-0.2, 0) is 0 Å². The Labute approximate surface area is 133 Å². The van der Waals surface area contributed by atoms with Gasteiger partial charge in [0.1, 0.15) is 0 Å². The average molecular weight is 313 g/mol. The van der Waals surface area contributed by atoms with E-state index in [9.17, 15) is 9.59 Å². The summed E-state index contributed by atoms with van der Waals surface area (Å²) in [7, 11) is 0. The van der Waals surface area contributed by atoms with Gasteiger partial charge in [0.15, 0.2) is 0 Å². The Bertz CT molecular complexity index is 802. The first-order chi connectivity index (χ1) is 11.2. The Balaban J connectivity index is 1.62. The van der Waals surface area contributed by atoms with E-state index in [1.807, 2.05) is 23.1 Å². The SMILES string of the molecule is O=C1NCCN1C1CCCN(c2nc3ccccc3c(=O)[nH]2)C1. The van der Waals surface area contributed by atoms with Gasteiger partial charge in [0.2, 0.25) is 5.95 Å². The van der Waals surface area contributed by atoms with Crippen LogP contribution in [0.2, 0.25) is 0 Å². The predicted octanol–water partition coefficient (Wildman–Crippen LogP) is 0.917. The van der Waals surface area contributed by atoms with Gasteiger partial charge in [-0.2, -0.15) is 0 Å². The van der Waals surface area contributed by atoms with Crippen LogP contribution >= 0.6 is 0 Å². The molecule has 2 aliphatic rings. The van der Waals surface area contributed by atoms with E-state index in [2.05, 4.69) is 20.2 Å². The summed E-state index contributed by atoms with van der Waals surface area (Å²) in [5.41, 5.74) is 0.582. The molecule has 0 bridgehead atoms. The lowest BCUT2D eigenvalue weighted by atomic mass is 10.0. The molecule has 23 heavy (non-hydrogen) atoms. The van der Waals surface area contributed by atoms with Crippen molar-refractivity contribution >= 4 is 22.9 Å². The molecule has 1 aromatic heterocycles. The van der Waals surface area contributed by atoms with Crippen molar-refractivity contribution in [2.75, 3.05) is 31.1 Å². The molecular formula is C16H19N5O2. The first-order valence-corrected chi connectivity index (χ1v) is 8.01. The Morgan fingerprint density at radius 3 is 2.87 bits per heavy atom. The second-order valence-electron chi connectivity index (χ2n) is 6.07. The number of carbonyl (C=O) groups excluding carboxylic acids is 1. The quantitative estimate of drug-likeness (QED) is 0.864. The topological polar surface area (TPSA) is 81.3 Å². The lowest BCUT2D eigenvalue weighted by Gasteiger charge is -2.37. The first-order valence-electron chi connectivity index (χ1n) is 8.01. The highest BCUT2D eigenvalue weighted by molar-refractivity contribution is 5.78. The molecule has 2 aromatic rings. The van der Waals surface area contributed by atoms with Gasteiger partial charge in [0.05, 0.1) is 16.9 Å². The molecule has 0 saturated carbocycles. The fourth-order valence-electron chi connectivity index (χ4n) is 3.46. The lowest BCUT2D eigenvalue weighted by molar-refractivity contribution is 0.189. The molecule has 2 saturated heterocycles. The van der Waals surface area contributed by atoms with Gasteiger partial charge in [-0.3, -0.25) is 9.78 Å². The van der Waals surface area contributed by atoms with E-state index >= 15 is 0 Å². The highest BCUT2D eigenvalue weighted by Gasteiger charge is 2.32. The number of aromatic amines is 1. The zero-order valence-electron chi connectivity index (χ0n) is 12.8. The summed E-state index contributed by atoms with van der Waals surface area (Å²) >= 11 is 0. The number of hydrogen-bond donors (Lipinski definition) is 2. The maximum atomic E-state index is 12.2. The second kappa shape index (κ2) is 5.57. The number of nitrogens with one attached hydrogen (secondary N) is 2. The van der Waals surface area contributed by atoms with Gasteiger partial charge in [-0.15, -0.1) is 0 Å². The molecule has 2 amide bonds. The van der Waals surface area contributed by atoms with Crippen LogP contribution in [0, 0.1) is 0 Å². The lowest BCUT2D eigenvalue weighted by Crippen LogP contribution is -2.49. The molecular weight excluding hydrogens is 294 g/mol. The number of benzene rings is 1. The molecule has 7 heteroatoms. The molecule has 1 atom stereocenters. The van der Waals surface area contributed by atoms with E-state index in [4.69, 9.17) is 0 Å². The van der Waals surface area contributed by atoms with Crippen molar-refractivity contribution in [3.05, 3.63) is 34.6 Å². The summed E-state index contributed by atoms with van der Waals surface area (Å²) in [6.45, 7) is 3.00. The minimum Gasteiger partial charge on any atom is -0.340 e. The Morgan fingerprint density at radius 2 is 2.04 bits per heavy atom. The third-order valence-electron chi connectivity index (χ3n) is 4.63. The molecule has 1 aromatic carbocycles. The summed E-state index contributed by atoms with van der Waals surface area (Å²) in [5.74, 6) is 0.595. The molecule has 3 heterocycles. The molecule has 120 valence electrons. The normalized spacial score (nSPS) is 21.7. The van der Waals surface area contributed by atoms with Crippen molar-refractivity contribution in [3.63, 3.8) is 0 Å². The number of H-pyrrole nitrogens is 1. The van der Waals surface area contributed by atoms with Gasteiger partial charge in [-0.25, -0.2) is 9.78 Å². The molecule has 7 nitrogen and oxygen atoms in total. The standard InChI is InChI=1S/C16H19N5O2/c22-14-12-5-1-2-6-13(12)18-15(19-14)20-8-3-4-11(10-20)21-9-7-17-16(21)23/h1-2,5-6,11H,3-4,7-10H2,(H,17,23)(H,18,19,22). The van der Waals surface area contributed by atoms with Gasteiger partial charge >= 0.3 is 6.03 Å². The third kappa shape index (κ3) is 2.52. The number of amides is 2. The van der Waals surface area contributed by atoms with E-state index in [1.165, 1.54) is 0 Å². The van der Waals surface area contributed by atoms with Crippen LogP contribution in [0.1, 0.15) is 12.8 Å². The molecule has 4 rings (SSSR count). The summed E-state index contributed by atoms with van der Waals surface area (Å²) in [6, 6.07) is 7.52. The largest absolute Gasteiger partial charge is 0.340 e. The minimum atomic E-state index is -0.119. The number of carbonyl (C=O) groups is 1. The van der Waals surface area contributed by atoms with Gasteiger partial charge in [0, 0.05) is 26.2 Å². The Hall–Kier alpha value is -2.57. The number of rotatable bonds is 2. The second-order valence-corrected chi connectivity index (χ2v) is 6.07. The van der Waals surface area contributed by atoms with Crippen molar-refractivity contribution in [3.8, 4) is 0 Å². The van der Waals surface area contributed by atoms with Crippen molar-refractivity contribution in [2.45, 2.75) is 18.9 Å². The van der Waals surface area contributed by atoms with Crippen LogP contribution < -0.4 is 15.8 Å². The highest BCUT2D eigenvalue weighted by atomic mass is 16.2. The van der Waals surface area contributed by atoms with Crippen LogP contribution in [-0.4, -0.2) is 53.1 Å². The molecule has 2 fully saturated rings. The van der Waals surface area contributed by atoms with Gasteiger partial charge in [-0.1, -0.05) is 12.1 Å². The van der Waals surface area contributed by atoms with Crippen molar-refractivity contribution in [1.82, 2.24) is 20.2 Å². The molecule has 0 radical (unpaired) electrons. The fraction of sp³-hybridized carbons (Fsp3) is 0.438. The van der Waals surface area contributed by atoms with Crippen molar-refractivity contribution < 1.29 is 4.79 Å². The Morgan fingerprint density at radius 1 is 1.17 bits per heavy atom. The Kier molecular flexibility index (Phi) is 3.40. The number of anilines is 1. The van der Waals surface area contributed by atoms with Crippen LogP contribution in [0.15, 0.2) is 29.1 Å². The molecule has 2 N–H and O–H groups in total. The fourth-order valence-corrected chi connectivity index (χ4v) is 3.46. The van der Waals surface area contributed by atoms with Crippen molar-refractivity contribution in [2.24, 2.45) is 0 Å². The van der Waals surface area contributed by atoms with Gasteiger partial charge in [-0.05, 0) is 25.0 Å². The number of urea groups is 1. The molecule has 0 aliphatic carbocycles. The average Bonchev–Trinajstić information content (AvgIpc) is 3.01. The van der Waals surface area contributed by atoms with Crippen LogP contribution in [0.4, 0.5) is 10.7 Å². The smallest absolute Gasteiger partial charge is 0.317 e. The van der Waals surface area contributed by atoms with Crippen LogP contribution in [0.25, 0.3) is 10.9 Å². The number of fused-ring (bicyclic) bond motifs is 1. The molecule has 0 spiro atoms. The highest BCUT2D eigenvalue weighted by Crippen LogP contribution is 2.21. The predicted molar refractivity (Wildman–Crippen MR) is 87.7 cm³/mol. The summed E-state index contributed by atoms with van der Waals surface area (Å²) < 4.78 is 0. The summed E-state index contributed by atoms with van der Waals surface area (Å²) in [5, 5.41) is 3.45. The maximum Gasteiger partial charge on any atom is 0.317 e. The number of para-hydroxylation sites is 1. The summed E-state index contributed by atoms with van der Waals surface area (Å²) in [6.07, 6.45) is 1.96.